The molecule has 158 valence electrons. The number of carbonyl (C=O) groups excluding carboxylic acids is 1. The van der Waals surface area contributed by atoms with Crippen molar-refractivity contribution in [3.8, 4) is 11.9 Å². The van der Waals surface area contributed by atoms with Gasteiger partial charge in [-0.25, -0.2) is 19.4 Å². The lowest BCUT2D eigenvalue weighted by molar-refractivity contribution is -0.148. The number of aryl methyl sites for hydroxylation is 1. The van der Waals surface area contributed by atoms with Crippen molar-refractivity contribution < 1.29 is 13.9 Å². The van der Waals surface area contributed by atoms with Crippen LogP contribution in [0.1, 0.15) is 48.5 Å². The Balaban J connectivity index is 1.25. The summed E-state index contributed by atoms with van der Waals surface area (Å²) >= 11 is 0. The Morgan fingerprint density at radius 3 is 2.87 bits per heavy atom. The summed E-state index contributed by atoms with van der Waals surface area (Å²) in [7, 11) is 0. The predicted octanol–water partition coefficient (Wildman–Crippen LogP) is 3.55. The highest BCUT2D eigenvalue weighted by atomic mass is 19.1. The number of fused-ring (bicyclic) bond motifs is 1. The van der Waals surface area contributed by atoms with Crippen molar-refractivity contribution in [2.24, 2.45) is 22.4 Å². The van der Waals surface area contributed by atoms with E-state index in [0.717, 1.165) is 24.8 Å². The van der Waals surface area contributed by atoms with Crippen LogP contribution in [0, 0.1) is 41.3 Å². The third-order valence-corrected chi connectivity index (χ3v) is 6.82. The number of nitrogens with zero attached hydrogens (tertiary/aromatic N) is 5. The van der Waals surface area contributed by atoms with Gasteiger partial charge in [-0.15, -0.1) is 0 Å². The lowest BCUT2D eigenvalue weighted by Crippen LogP contribution is -2.45. The number of aromatic nitrogens is 2. The summed E-state index contributed by atoms with van der Waals surface area (Å²) in [4.78, 5) is 21.5. The molecule has 7 nitrogen and oxygen atoms in total. The molecule has 3 saturated carbocycles. The van der Waals surface area contributed by atoms with E-state index in [-0.39, 0.29) is 29.4 Å². The summed E-state index contributed by atoms with van der Waals surface area (Å²) < 4.78 is 20.3. The molecule has 0 N–H and O–H groups in total. The van der Waals surface area contributed by atoms with Crippen molar-refractivity contribution >= 4 is 12.1 Å². The van der Waals surface area contributed by atoms with Crippen molar-refractivity contribution in [3.63, 3.8) is 0 Å². The molecule has 0 spiro atoms. The first-order valence-electron chi connectivity index (χ1n) is 10.5. The van der Waals surface area contributed by atoms with Gasteiger partial charge in [0.05, 0.1) is 30.5 Å². The molecule has 0 saturated heterocycles. The summed E-state index contributed by atoms with van der Waals surface area (Å²) in [5.74, 6) is 0.753. The molecule has 1 amide bonds. The first-order chi connectivity index (χ1) is 15.0. The molecule has 2 aromatic rings. The zero-order valence-corrected chi connectivity index (χ0v) is 17.2. The Hall–Kier alpha value is -3.34. The highest BCUT2D eigenvalue weighted by molar-refractivity contribution is 5.86. The Morgan fingerprint density at radius 2 is 2.16 bits per heavy atom. The van der Waals surface area contributed by atoms with E-state index < -0.39 is 5.41 Å². The van der Waals surface area contributed by atoms with Gasteiger partial charge < -0.3 is 4.74 Å². The SMILES string of the molecule is Cc1ccc(C2CC=NN2C(=O)C23CC(COc4cnc(C#N)cn4)C(C2)C3)c(F)c1. The molecule has 2 atom stereocenters. The lowest BCUT2D eigenvalue weighted by Gasteiger charge is -2.40. The molecule has 6 rings (SSSR count). The van der Waals surface area contributed by atoms with Gasteiger partial charge in [0, 0.05) is 18.2 Å². The van der Waals surface area contributed by atoms with Crippen molar-refractivity contribution in [3.05, 3.63) is 53.2 Å². The van der Waals surface area contributed by atoms with Crippen LogP contribution in [-0.4, -0.2) is 33.7 Å². The Kier molecular flexibility index (Phi) is 4.69. The molecule has 8 heteroatoms. The van der Waals surface area contributed by atoms with Crippen LogP contribution in [-0.2, 0) is 4.79 Å². The van der Waals surface area contributed by atoms with E-state index in [2.05, 4.69) is 15.1 Å². The van der Waals surface area contributed by atoms with Crippen LogP contribution in [0.4, 0.5) is 4.39 Å². The van der Waals surface area contributed by atoms with Crippen molar-refractivity contribution in [1.82, 2.24) is 15.0 Å². The van der Waals surface area contributed by atoms with Gasteiger partial charge in [0.25, 0.3) is 0 Å². The van der Waals surface area contributed by atoms with Crippen LogP contribution >= 0.6 is 0 Å². The van der Waals surface area contributed by atoms with Gasteiger partial charge in [-0.3, -0.25) is 4.79 Å². The lowest BCUT2D eigenvalue weighted by atomic mass is 9.68. The number of amides is 1. The smallest absolute Gasteiger partial charge is 0.249 e. The highest BCUT2D eigenvalue weighted by Crippen LogP contribution is 2.63. The van der Waals surface area contributed by atoms with Gasteiger partial charge in [0.1, 0.15) is 11.9 Å². The largest absolute Gasteiger partial charge is 0.476 e. The fraction of sp³-hybridized carbons (Fsp3) is 0.435. The highest BCUT2D eigenvalue weighted by Gasteiger charge is 2.62. The van der Waals surface area contributed by atoms with Gasteiger partial charge in [0.15, 0.2) is 5.69 Å². The van der Waals surface area contributed by atoms with Crippen molar-refractivity contribution in [1.29, 1.82) is 5.26 Å². The summed E-state index contributed by atoms with van der Waals surface area (Å²) in [6.07, 6.45) is 7.41. The maximum Gasteiger partial charge on any atom is 0.249 e. The van der Waals surface area contributed by atoms with Gasteiger partial charge in [-0.1, -0.05) is 12.1 Å². The average Bonchev–Trinajstić information content (AvgIpc) is 3.45. The Morgan fingerprint density at radius 1 is 1.32 bits per heavy atom. The molecule has 31 heavy (non-hydrogen) atoms. The minimum absolute atomic E-state index is 0.0110. The summed E-state index contributed by atoms with van der Waals surface area (Å²) in [5.41, 5.74) is 1.17. The summed E-state index contributed by atoms with van der Waals surface area (Å²) in [6.45, 7) is 2.30. The molecule has 0 radical (unpaired) electrons. The number of nitriles is 1. The topological polar surface area (TPSA) is 91.5 Å². The number of hydrazone groups is 1. The monoisotopic (exact) mass is 419 g/mol. The maximum absolute atomic E-state index is 14.6. The number of carbonyl (C=O) groups is 1. The van der Waals surface area contributed by atoms with Crippen LogP contribution < -0.4 is 4.74 Å². The van der Waals surface area contributed by atoms with Gasteiger partial charge in [-0.05, 0) is 49.7 Å². The van der Waals surface area contributed by atoms with Crippen LogP contribution in [0.25, 0.3) is 0 Å². The molecule has 1 aromatic carbocycles. The second kappa shape index (κ2) is 7.41. The van der Waals surface area contributed by atoms with Crippen LogP contribution in [0.15, 0.2) is 35.7 Å². The zero-order chi connectivity index (χ0) is 21.6. The van der Waals surface area contributed by atoms with E-state index in [1.807, 2.05) is 19.1 Å². The van der Waals surface area contributed by atoms with Crippen molar-refractivity contribution in [2.75, 3.05) is 6.61 Å². The Labute approximate surface area is 179 Å². The number of rotatable bonds is 5. The first kappa shape index (κ1) is 19.6. The molecular formula is C23H22FN5O2. The second-order valence-corrected chi connectivity index (χ2v) is 8.80. The third kappa shape index (κ3) is 3.34. The fourth-order valence-corrected chi connectivity index (χ4v) is 5.22. The summed E-state index contributed by atoms with van der Waals surface area (Å²) in [6, 6.07) is 6.67. The normalized spacial score (nSPS) is 28.3. The quantitative estimate of drug-likeness (QED) is 0.739. The van der Waals surface area contributed by atoms with Gasteiger partial charge >= 0.3 is 0 Å². The standard InChI is InChI=1S/C23H22FN5O2/c1-14-2-3-18(19(24)6-14)20-4-5-28-29(20)22(30)23-7-15(8-23)16(9-23)13-31-21-12-26-17(10-25)11-27-21/h2-3,5-6,11-12,15-16,20H,4,7-9,13H2,1H3. The van der Waals surface area contributed by atoms with Crippen LogP contribution in [0.3, 0.4) is 0 Å². The van der Waals surface area contributed by atoms with E-state index in [4.69, 9.17) is 10.00 Å². The maximum atomic E-state index is 14.6. The Bertz CT molecular complexity index is 1090. The van der Waals surface area contributed by atoms with E-state index in [0.29, 0.717) is 30.4 Å². The molecule has 2 bridgehead atoms. The van der Waals surface area contributed by atoms with Crippen LogP contribution in [0.2, 0.25) is 0 Å². The molecule has 4 aliphatic rings. The fourth-order valence-electron chi connectivity index (χ4n) is 5.22. The van der Waals surface area contributed by atoms with Crippen molar-refractivity contribution in [2.45, 2.75) is 38.6 Å². The van der Waals surface area contributed by atoms with Gasteiger partial charge in [0.2, 0.25) is 11.8 Å². The molecule has 3 fully saturated rings. The first-order valence-corrected chi connectivity index (χ1v) is 10.5. The van der Waals surface area contributed by atoms with Crippen LogP contribution in [0.5, 0.6) is 5.88 Å². The minimum Gasteiger partial charge on any atom is -0.476 e. The van der Waals surface area contributed by atoms with E-state index in [9.17, 15) is 9.18 Å². The molecule has 1 aromatic heterocycles. The molecule has 2 heterocycles. The van der Waals surface area contributed by atoms with E-state index in [1.165, 1.54) is 23.5 Å². The third-order valence-electron chi connectivity index (χ3n) is 6.82. The second-order valence-electron chi connectivity index (χ2n) is 8.80. The number of halogens is 1. The van der Waals surface area contributed by atoms with Gasteiger partial charge in [-0.2, -0.15) is 10.4 Å². The average molecular weight is 419 g/mol. The molecular weight excluding hydrogens is 397 g/mol. The van der Waals surface area contributed by atoms with E-state index >= 15 is 0 Å². The molecule has 3 aliphatic carbocycles. The zero-order valence-electron chi connectivity index (χ0n) is 17.2. The minimum atomic E-state index is -0.434. The predicted molar refractivity (Wildman–Crippen MR) is 109 cm³/mol. The number of hydrogen-bond donors (Lipinski definition) is 0. The number of ether oxygens (including phenoxy) is 1. The molecule has 2 unspecified atom stereocenters. The number of hydrogen-bond acceptors (Lipinski definition) is 6. The summed E-state index contributed by atoms with van der Waals surface area (Å²) in [5, 5.41) is 14.6. The van der Waals surface area contributed by atoms with E-state index in [1.54, 1.807) is 12.3 Å². The molecule has 1 aliphatic heterocycles. The number of benzene rings is 1.